The standard InChI is InChI=1S/C6H10NO/c7-6(8)4-3-5-1-2-5/h4-5H,1-3H2,(H2,7,8). The van der Waals surface area contributed by atoms with Crippen LogP contribution in [-0.4, -0.2) is 5.91 Å². The summed E-state index contributed by atoms with van der Waals surface area (Å²) in [6.07, 6.45) is 5.03. The van der Waals surface area contributed by atoms with Crippen molar-refractivity contribution >= 4 is 5.91 Å². The van der Waals surface area contributed by atoms with Crippen molar-refractivity contribution in [2.24, 2.45) is 11.7 Å². The van der Waals surface area contributed by atoms with Crippen molar-refractivity contribution in [3.8, 4) is 0 Å². The molecule has 0 saturated heterocycles. The average Bonchev–Trinajstić information content (AvgIpc) is 2.41. The van der Waals surface area contributed by atoms with E-state index in [0.29, 0.717) is 0 Å². The smallest absolute Gasteiger partial charge is 0.221 e. The lowest BCUT2D eigenvalue weighted by molar-refractivity contribution is -0.115. The van der Waals surface area contributed by atoms with E-state index >= 15 is 0 Å². The molecule has 1 fully saturated rings. The van der Waals surface area contributed by atoms with E-state index in [1.807, 2.05) is 0 Å². The molecule has 45 valence electrons. The molecule has 2 N–H and O–H groups in total. The largest absolute Gasteiger partial charge is 0.369 e. The van der Waals surface area contributed by atoms with E-state index < -0.39 is 0 Å². The van der Waals surface area contributed by atoms with Crippen LogP contribution >= 0.6 is 0 Å². The zero-order valence-electron chi connectivity index (χ0n) is 4.76. The Balaban J connectivity index is 1.95. The lowest BCUT2D eigenvalue weighted by Gasteiger charge is -1.88. The number of hydrogen-bond donors (Lipinski definition) is 1. The number of carbonyl (C=O) groups excluding carboxylic acids is 1. The fourth-order valence-electron chi connectivity index (χ4n) is 0.636. The predicted octanol–water partition coefficient (Wildman–Crippen LogP) is 0.476. The second-order valence-corrected chi connectivity index (χ2v) is 2.29. The van der Waals surface area contributed by atoms with Crippen molar-refractivity contribution < 1.29 is 4.79 Å². The van der Waals surface area contributed by atoms with Gasteiger partial charge >= 0.3 is 0 Å². The summed E-state index contributed by atoms with van der Waals surface area (Å²) in [7, 11) is 0. The van der Waals surface area contributed by atoms with E-state index in [4.69, 9.17) is 5.73 Å². The molecule has 1 aliphatic rings. The van der Waals surface area contributed by atoms with Crippen molar-refractivity contribution in [3.63, 3.8) is 0 Å². The Labute approximate surface area is 49.1 Å². The maximum Gasteiger partial charge on any atom is 0.221 e. The maximum atomic E-state index is 10.1. The molecule has 0 aromatic heterocycles. The SMILES string of the molecule is NC(=O)[CH]CC1CC1. The van der Waals surface area contributed by atoms with E-state index in [1.165, 1.54) is 12.8 Å². The summed E-state index contributed by atoms with van der Waals surface area (Å²) in [4.78, 5) is 10.1. The quantitative estimate of drug-likeness (QED) is 0.566. The highest BCUT2D eigenvalue weighted by atomic mass is 16.1. The molecule has 0 bridgehead atoms. The molecule has 0 atom stereocenters. The summed E-state index contributed by atoms with van der Waals surface area (Å²) >= 11 is 0. The Morgan fingerprint density at radius 3 is 2.75 bits per heavy atom. The number of rotatable bonds is 3. The highest BCUT2D eigenvalue weighted by Crippen LogP contribution is 2.32. The second-order valence-electron chi connectivity index (χ2n) is 2.29. The molecule has 1 aliphatic carbocycles. The van der Waals surface area contributed by atoms with Gasteiger partial charge in [-0.05, 0) is 12.3 Å². The van der Waals surface area contributed by atoms with E-state index in [9.17, 15) is 4.79 Å². The average molecular weight is 112 g/mol. The number of carbonyl (C=O) groups is 1. The zero-order valence-corrected chi connectivity index (χ0v) is 4.76. The molecule has 0 unspecified atom stereocenters. The van der Waals surface area contributed by atoms with Crippen LogP contribution in [0.1, 0.15) is 19.3 Å². The summed E-state index contributed by atoms with van der Waals surface area (Å²) in [6, 6.07) is 0. The van der Waals surface area contributed by atoms with Crippen LogP contribution in [0.2, 0.25) is 0 Å². The van der Waals surface area contributed by atoms with Gasteiger partial charge in [-0.3, -0.25) is 4.79 Å². The molecular formula is C6H10NO. The van der Waals surface area contributed by atoms with Crippen LogP contribution in [0, 0.1) is 12.3 Å². The first-order valence-corrected chi connectivity index (χ1v) is 2.91. The first-order chi connectivity index (χ1) is 3.79. The molecule has 2 heteroatoms. The van der Waals surface area contributed by atoms with Crippen LogP contribution in [0.3, 0.4) is 0 Å². The van der Waals surface area contributed by atoms with E-state index in [2.05, 4.69) is 0 Å². The summed E-state index contributed by atoms with van der Waals surface area (Å²) in [6.45, 7) is 0. The summed E-state index contributed by atoms with van der Waals surface area (Å²) in [5.74, 6) is 0.499. The Kier molecular flexibility index (Phi) is 1.51. The minimum Gasteiger partial charge on any atom is -0.369 e. The Morgan fingerprint density at radius 1 is 1.75 bits per heavy atom. The molecule has 1 saturated carbocycles. The normalized spacial score (nSPS) is 18.5. The van der Waals surface area contributed by atoms with Crippen LogP contribution in [0.25, 0.3) is 0 Å². The fraction of sp³-hybridized carbons (Fsp3) is 0.667. The van der Waals surface area contributed by atoms with E-state index in [-0.39, 0.29) is 5.91 Å². The van der Waals surface area contributed by atoms with Crippen molar-refractivity contribution in [3.05, 3.63) is 6.42 Å². The number of nitrogens with two attached hydrogens (primary N) is 1. The molecule has 0 aromatic rings. The van der Waals surface area contributed by atoms with Gasteiger partial charge in [0, 0.05) is 6.42 Å². The highest BCUT2D eigenvalue weighted by Gasteiger charge is 2.21. The monoisotopic (exact) mass is 112 g/mol. The topological polar surface area (TPSA) is 43.1 Å². The molecule has 0 aliphatic heterocycles. The highest BCUT2D eigenvalue weighted by molar-refractivity contribution is 5.82. The third-order valence-electron chi connectivity index (χ3n) is 1.35. The van der Waals surface area contributed by atoms with E-state index in [0.717, 1.165) is 12.3 Å². The van der Waals surface area contributed by atoms with Crippen molar-refractivity contribution in [1.29, 1.82) is 0 Å². The van der Waals surface area contributed by atoms with E-state index in [1.54, 1.807) is 6.42 Å². The molecular weight excluding hydrogens is 102 g/mol. The minimum atomic E-state index is -0.281. The van der Waals surface area contributed by atoms with Gasteiger partial charge in [-0.15, -0.1) is 0 Å². The van der Waals surface area contributed by atoms with Crippen LogP contribution in [0.4, 0.5) is 0 Å². The summed E-state index contributed by atoms with van der Waals surface area (Å²) in [5, 5.41) is 0. The summed E-state index contributed by atoms with van der Waals surface area (Å²) in [5.41, 5.74) is 4.87. The molecule has 1 rings (SSSR count). The van der Waals surface area contributed by atoms with Gasteiger partial charge in [-0.25, -0.2) is 0 Å². The lowest BCUT2D eigenvalue weighted by atomic mass is 10.2. The second kappa shape index (κ2) is 2.16. The Hall–Kier alpha value is -0.530. The molecule has 0 heterocycles. The van der Waals surface area contributed by atoms with Gasteiger partial charge in [0.1, 0.15) is 0 Å². The maximum absolute atomic E-state index is 10.1. The Bertz CT molecular complexity index is 96.7. The first-order valence-electron chi connectivity index (χ1n) is 2.91. The zero-order chi connectivity index (χ0) is 5.98. The third kappa shape index (κ3) is 1.96. The minimum absolute atomic E-state index is 0.281. The predicted molar refractivity (Wildman–Crippen MR) is 30.8 cm³/mol. The van der Waals surface area contributed by atoms with Gasteiger partial charge in [0.25, 0.3) is 0 Å². The molecule has 8 heavy (non-hydrogen) atoms. The van der Waals surface area contributed by atoms with Crippen LogP contribution in [0.5, 0.6) is 0 Å². The van der Waals surface area contributed by atoms with Gasteiger partial charge in [0.05, 0.1) is 0 Å². The van der Waals surface area contributed by atoms with Crippen molar-refractivity contribution in [2.75, 3.05) is 0 Å². The molecule has 1 radical (unpaired) electrons. The number of primary amides is 1. The molecule has 0 spiro atoms. The van der Waals surface area contributed by atoms with Crippen LogP contribution < -0.4 is 5.73 Å². The van der Waals surface area contributed by atoms with Crippen molar-refractivity contribution in [1.82, 2.24) is 0 Å². The van der Waals surface area contributed by atoms with Gasteiger partial charge in [-0.1, -0.05) is 12.8 Å². The number of amides is 1. The third-order valence-corrected chi connectivity index (χ3v) is 1.35. The lowest BCUT2D eigenvalue weighted by Crippen LogP contribution is -2.10. The van der Waals surface area contributed by atoms with Crippen LogP contribution in [0.15, 0.2) is 0 Å². The van der Waals surface area contributed by atoms with Gasteiger partial charge < -0.3 is 5.73 Å². The fourth-order valence-corrected chi connectivity index (χ4v) is 0.636. The Morgan fingerprint density at radius 2 is 2.38 bits per heavy atom. The number of hydrogen-bond acceptors (Lipinski definition) is 1. The molecule has 2 nitrogen and oxygen atoms in total. The molecule has 0 aromatic carbocycles. The van der Waals surface area contributed by atoms with Gasteiger partial charge in [0.2, 0.25) is 5.91 Å². The first kappa shape index (κ1) is 5.60. The summed E-state index contributed by atoms with van der Waals surface area (Å²) < 4.78 is 0. The van der Waals surface area contributed by atoms with Crippen molar-refractivity contribution in [2.45, 2.75) is 19.3 Å². The van der Waals surface area contributed by atoms with Gasteiger partial charge in [0.15, 0.2) is 0 Å². The van der Waals surface area contributed by atoms with Crippen LogP contribution in [-0.2, 0) is 4.79 Å². The molecule has 1 amide bonds. The van der Waals surface area contributed by atoms with Gasteiger partial charge in [-0.2, -0.15) is 0 Å².